The van der Waals surface area contributed by atoms with Gasteiger partial charge in [0.2, 0.25) is 0 Å². The topological polar surface area (TPSA) is 50.9 Å². The van der Waals surface area contributed by atoms with Crippen molar-refractivity contribution in [3.05, 3.63) is 29.8 Å². The van der Waals surface area contributed by atoms with Gasteiger partial charge in [-0.05, 0) is 43.1 Å². The molecule has 2 aliphatic carbocycles. The fraction of sp³-hybridized carbons (Fsp3) is 0.583. The molecule has 3 rings (SSSR count). The molecule has 0 bridgehead atoms. The maximum Gasteiger partial charge on any atom is 0.146 e. The zero-order valence-corrected chi connectivity index (χ0v) is 9.07. The van der Waals surface area contributed by atoms with Gasteiger partial charge in [0, 0.05) is 11.8 Å². The zero-order valence-electron chi connectivity index (χ0n) is 9.07. The smallest absolute Gasteiger partial charge is 0.146 e. The first-order valence-corrected chi connectivity index (χ1v) is 5.85. The van der Waals surface area contributed by atoms with Gasteiger partial charge >= 0.3 is 0 Å². The molecule has 86 valence electrons. The molecule has 3 atom stereocenters. The molecule has 3 N–H and O–H groups in total. The highest BCUT2D eigenvalue weighted by atomic mass is 19.1. The van der Waals surface area contributed by atoms with Crippen LogP contribution in [0.2, 0.25) is 0 Å². The second kappa shape index (κ2) is 3.79. The van der Waals surface area contributed by atoms with Crippen LogP contribution < -0.4 is 11.3 Å². The fourth-order valence-corrected chi connectivity index (χ4v) is 3.15. The maximum atomic E-state index is 13.6. The van der Waals surface area contributed by atoms with Crippen molar-refractivity contribution in [1.29, 1.82) is 0 Å². The Morgan fingerprint density at radius 3 is 2.75 bits per heavy atom. The Kier molecular flexibility index (Phi) is 2.41. The second-order valence-corrected chi connectivity index (χ2v) is 5.03. The van der Waals surface area contributed by atoms with E-state index in [4.69, 9.17) is 5.84 Å². The van der Waals surface area contributed by atoms with Crippen molar-refractivity contribution in [2.24, 2.45) is 23.6 Å². The van der Waals surface area contributed by atoms with Gasteiger partial charge in [-0.25, -0.2) is 4.39 Å². The minimum atomic E-state index is -0.258. The Hall–Kier alpha value is -1.00. The quantitative estimate of drug-likeness (QED) is 0.604. The average molecular weight is 221 g/mol. The normalized spacial score (nSPS) is 33.5. The van der Waals surface area contributed by atoms with Crippen LogP contribution in [0.4, 0.5) is 4.39 Å². The van der Waals surface area contributed by atoms with E-state index in [1.165, 1.54) is 25.5 Å². The Bertz CT molecular complexity index is 386. The summed E-state index contributed by atoms with van der Waals surface area (Å²) in [5, 5.41) is 0. The molecule has 4 heteroatoms. The van der Waals surface area contributed by atoms with Gasteiger partial charge in [-0.1, -0.05) is 0 Å². The number of nitrogens with zero attached hydrogens (tertiary/aromatic N) is 1. The Labute approximate surface area is 94.2 Å². The van der Waals surface area contributed by atoms with Crippen LogP contribution in [0.15, 0.2) is 18.5 Å². The Morgan fingerprint density at radius 1 is 1.38 bits per heavy atom. The molecular formula is C12H16FN3. The van der Waals surface area contributed by atoms with E-state index in [-0.39, 0.29) is 11.9 Å². The summed E-state index contributed by atoms with van der Waals surface area (Å²) >= 11 is 0. The average Bonchev–Trinajstić information content (AvgIpc) is 2.90. The summed E-state index contributed by atoms with van der Waals surface area (Å²) < 4.78 is 13.6. The summed E-state index contributed by atoms with van der Waals surface area (Å²) in [6.07, 6.45) is 6.61. The molecular weight excluding hydrogens is 205 g/mol. The maximum absolute atomic E-state index is 13.6. The van der Waals surface area contributed by atoms with Gasteiger partial charge < -0.3 is 0 Å². The number of rotatable bonds is 3. The van der Waals surface area contributed by atoms with E-state index in [1.54, 1.807) is 12.3 Å². The molecule has 0 aliphatic heterocycles. The van der Waals surface area contributed by atoms with Crippen molar-refractivity contribution in [1.82, 2.24) is 10.4 Å². The number of aromatic nitrogens is 1. The van der Waals surface area contributed by atoms with Crippen LogP contribution in [-0.4, -0.2) is 4.98 Å². The molecule has 3 unspecified atom stereocenters. The molecule has 0 aromatic carbocycles. The van der Waals surface area contributed by atoms with Crippen LogP contribution in [0.5, 0.6) is 0 Å². The second-order valence-electron chi connectivity index (χ2n) is 5.03. The van der Waals surface area contributed by atoms with Gasteiger partial charge in [-0.3, -0.25) is 16.3 Å². The Balaban J connectivity index is 1.82. The summed E-state index contributed by atoms with van der Waals surface area (Å²) in [5.41, 5.74) is 3.43. The van der Waals surface area contributed by atoms with E-state index in [9.17, 15) is 4.39 Å². The fourth-order valence-electron chi connectivity index (χ4n) is 3.15. The van der Waals surface area contributed by atoms with E-state index in [0.29, 0.717) is 11.5 Å². The van der Waals surface area contributed by atoms with Crippen LogP contribution >= 0.6 is 0 Å². The van der Waals surface area contributed by atoms with Gasteiger partial charge in [0.15, 0.2) is 0 Å². The predicted octanol–water partition coefficient (Wildman–Crippen LogP) is 1.77. The van der Waals surface area contributed by atoms with E-state index in [0.717, 1.165) is 11.8 Å². The first-order chi connectivity index (χ1) is 7.79. The van der Waals surface area contributed by atoms with Crippen molar-refractivity contribution in [2.45, 2.75) is 25.3 Å². The Morgan fingerprint density at radius 2 is 2.12 bits per heavy atom. The highest BCUT2D eigenvalue weighted by molar-refractivity contribution is 5.19. The summed E-state index contributed by atoms with van der Waals surface area (Å²) in [5.74, 6) is 7.56. The SMILES string of the molecule is NNC(c1ccncc1F)C1CC2CC2C1. The molecule has 0 spiro atoms. The molecule has 2 fully saturated rings. The minimum absolute atomic E-state index is 0.0594. The molecule has 0 radical (unpaired) electrons. The van der Waals surface area contributed by atoms with Gasteiger partial charge in [0.1, 0.15) is 5.82 Å². The monoisotopic (exact) mass is 221 g/mol. The highest BCUT2D eigenvalue weighted by Gasteiger charge is 2.48. The number of hydrogen-bond donors (Lipinski definition) is 2. The number of hydrogen-bond acceptors (Lipinski definition) is 3. The molecule has 3 nitrogen and oxygen atoms in total. The number of hydrazine groups is 1. The van der Waals surface area contributed by atoms with Crippen molar-refractivity contribution in [3.63, 3.8) is 0 Å². The van der Waals surface area contributed by atoms with Crippen molar-refractivity contribution < 1.29 is 4.39 Å². The highest BCUT2D eigenvalue weighted by Crippen LogP contribution is 2.57. The van der Waals surface area contributed by atoms with Crippen LogP contribution in [-0.2, 0) is 0 Å². The van der Waals surface area contributed by atoms with Crippen LogP contribution in [0.1, 0.15) is 30.9 Å². The van der Waals surface area contributed by atoms with Crippen LogP contribution in [0, 0.1) is 23.6 Å². The first kappa shape index (κ1) is 10.2. The van der Waals surface area contributed by atoms with E-state index >= 15 is 0 Å². The standard InChI is InChI=1S/C12H16FN3/c13-11-6-15-2-1-10(11)12(16-14)9-4-7-3-8(7)5-9/h1-2,6-9,12,16H,3-5,14H2. The molecule has 2 aliphatic rings. The van der Waals surface area contributed by atoms with Gasteiger partial charge in [-0.2, -0.15) is 0 Å². The lowest BCUT2D eigenvalue weighted by Crippen LogP contribution is -2.33. The third-order valence-corrected chi connectivity index (χ3v) is 4.07. The largest absolute Gasteiger partial charge is 0.271 e. The van der Waals surface area contributed by atoms with E-state index in [1.807, 2.05) is 0 Å². The lowest BCUT2D eigenvalue weighted by Gasteiger charge is -2.24. The number of nitrogens with two attached hydrogens (primary N) is 1. The lowest BCUT2D eigenvalue weighted by atomic mass is 9.90. The number of halogens is 1. The number of fused-ring (bicyclic) bond motifs is 1. The van der Waals surface area contributed by atoms with Gasteiger partial charge in [0.05, 0.1) is 12.2 Å². The van der Waals surface area contributed by atoms with E-state index < -0.39 is 0 Å². The molecule has 16 heavy (non-hydrogen) atoms. The first-order valence-electron chi connectivity index (χ1n) is 5.85. The van der Waals surface area contributed by atoms with Crippen molar-refractivity contribution in [2.75, 3.05) is 0 Å². The number of nitrogens with one attached hydrogen (secondary N) is 1. The van der Waals surface area contributed by atoms with Gasteiger partial charge in [-0.15, -0.1) is 0 Å². The van der Waals surface area contributed by atoms with Gasteiger partial charge in [0.25, 0.3) is 0 Å². The summed E-state index contributed by atoms with van der Waals surface area (Å²) in [6, 6.07) is 1.67. The predicted molar refractivity (Wildman–Crippen MR) is 58.6 cm³/mol. The minimum Gasteiger partial charge on any atom is -0.271 e. The third-order valence-electron chi connectivity index (χ3n) is 4.07. The van der Waals surface area contributed by atoms with E-state index in [2.05, 4.69) is 10.4 Å². The molecule has 0 amide bonds. The van der Waals surface area contributed by atoms with Crippen molar-refractivity contribution in [3.8, 4) is 0 Å². The summed E-state index contributed by atoms with van der Waals surface area (Å²) in [4.78, 5) is 3.77. The molecule has 1 heterocycles. The molecule has 1 aromatic rings. The number of pyridine rings is 1. The molecule has 2 saturated carbocycles. The molecule has 1 aromatic heterocycles. The molecule has 0 saturated heterocycles. The zero-order chi connectivity index (χ0) is 11.1. The van der Waals surface area contributed by atoms with Crippen molar-refractivity contribution >= 4 is 0 Å². The third kappa shape index (κ3) is 1.62. The summed E-state index contributed by atoms with van der Waals surface area (Å²) in [6.45, 7) is 0. The summed E-state index contributed by atoms with van der Waals surface area (Å²) in [7, 11) is 0. The van der Waals surface area contributed by atoms with Crippen LogP contribution in [0.25, 0.3) is 0 Å². The lowest BCUT2D eigenvalue weighted by molar-refractivity contribution is 0.336. The van der Waals surface area contributed by atoms with Crippen LogP contribution in [0.3, 0.4) is 0 Å².